The van der Waals surface area contributed by atoms with Gasteiger partial charge >= 0.3 is 0 Å². The Hall–Kier alpha value is -1.17. The van der Waals surface area contributed by atoms with Crippen LogP contribution in [0.5, 0.6) is 0 Å². The van der Waals surface area contributed by atoms with Gasteiger partial charge in [0.05, 0.1) is 0 Å². The summed E-state index contributed by atoms with van der Waals surface area (Å²) in [5.74, 6) is 0.371. The van der Waals surface area contributed by atoms with E-state index in [4.69, 9.17) is 0 Å². The molecule has 2 unspecified atom stereocenters. The third-order valence-corrected chi connectivity index (χ3v) is 3.86. The highest BCUT2D eigenvalue weighted by molar-refractivity contribution is 9.09. The van der Waals surface area contributed by atoms with Crippen molar-refractivity contribution in [1.29, 1.82) is 0 Å². The number of hydrogen-bond acceptors (Lipinski definition) is 3. The molecule has 0 radical (unpaired) electrons. The fourth-order valence-corrected chi connectivity index (χ4v) is 3.09. The number of aromatic amines is 1. The zero-order valence-corrected chi connectivity index (χ0v) is 11.1. The number of carbonyl (C=O) groups excluding carboxylic acids is 1. The zero-order chi connectivity index (χ0) is 12.4. The molecule has 1 amide bonds. The lowest BCUT2D eigenvalue weighted by Gasteiger charge is -2.24. The van der Waals surface area contributed by atoms with Gasteiger partial charge in [0.2, 0.25) is 0 Å². The Kier molecular flexibility index (Phi) is 3.61. The van der Waals surface area contributed by atoms with Crippen molar-refractivity contribution in [3.8, 4) is 0 Å². The van der Waals surface area contributed by atoms with Gasteiger partial charge in [-0.25, -0.2) is 5.10 Å². The minimum absolute atomic E-state index is 0.116. The summed E-state index contributed by atoms with van der Waals surface area (Å²) in [7, 11) is 0. The second-order valence-corrected chi connectivity index (χ2v) is 4.94. The predicted molar refractivity (Wildman–Crippen MR) is 67.3 cm³/mol. The molecule has 0 spiro atoms. The van der Waals surface area contributed by atoms with Crippen LogP contribution >= 0.6 is 15.9 Å². The Morgan fingerprint density at radius 3 is 3.00 bits per heavy atom. The lowest BCUT2D eigenvalue weighted by molar-refractivity contribution is 0.0731. The SMILES string of the molecule is CC1CCN(C(=O)c2ccc(=O)[nH]n2)C1CBr. The molecule has 2 rings (SSSR count). The van der Waals surface area contributed by atoms with Crippen molar-refractivity contribution in [2.24, 2.45) is 5.92 Å². The van der Waals surface area contributed by atoms with Crippen molar-refractivity contribution in [2.75, 3.05) is 11.9 Å². The predicted octanol–water partition coefficient (Wildman–Crippen LogP) is 1.02. The summed E-state index contributed by atoms with van der Waals surface area (Å²) in [4.78, 5) is 24.9. The van der Waals surface area contributed by atoms with Crippen LogP contribution in [0.1, 0.15) is 23.8 Å². The molecule has 1 aliphatic heterocycles. The third kappa shape index (κ3) is 2.41. The van der Waals surface area contributed by atoms with Crippen LogP contribution < -0.4 is 5.56 Å². The molecule has 0 bridgehead atoms. The van der Waals surface area contributed by atoms with Crippen LogP contribution in [-0.2, 0) is 0 Å². The molecule has 1 aliphatic rings. The zero-order valence-electron chi connectivity index (χ0n) is 9.52. The van der Waals surface area contributed by atoms with Crippen LogP contribution in [0.2, 0.25) is 0 Å². The van der Waals surface area contributed by atoms with Gasteiger partial charge in [0, 0.05) is 24.0 Å². The Balaban J connectivity index is 2.20. The minimum Gasteiger partial charge on any atom is -0.333 e. The van der Waals surface area contributed by atoms with Crippen molar-refractivity contribution >= 4 is 21.8 Å². The number of hydrogen-bond donors (Lipinski definition) is 1. The molecular weight excluding hydrogens is 286 g/mol. The molecule has 1 aromatic rings. The first-order chi connectivity index (χ1) is 8.13. The van der Waals surface area contributed by atoms with Crippen LogP contribution in [0.25, 0.3) is 0 Å². The van der Waals surface area contributed by atoms with Crippen molar-refractivity contribution < 1.29 is 4.79 Å². The van der Waals surface area contributed by atoms with Gasteiger partial charge in [-0.15, -0.1) is 0 Å². The molecule has 1 aromatic heterocycles. The van der Waals surface area contributed by atoms with Gasteiger partial charge in [0.1, 0.15) is 5.69 Å². The Bertz CT molecular complexity index is 454. The first-order valence-electron chi connectivity index (χ1n) is 5.56. The van der Waals surface area contributed by atoms with Gasteiger partial charge in [-0.2, -0.15) is 5.10 Å². The van der Waals surface area contributed by atoms with Gasteiger partial charge in [0.25, 0.3) is 11.5 Å². The first-order valence-corrected chi connectivity index (χ1v) is 6.68. The molecule has 92 valence electrons. The number of likely N-dealkylation sites (tertiary alicyclic amines) is 1. The number of H-pyrrole nitrogens is 1. The lowest BCUT2D eigenvalue weighted by atomic mass is 10.1. The number of amides is 1. The van der Waals surface area contributed by atoms with Crippen LogP contribution in [0.15, 0.2) is 16.9 Å². The summed E-state index contributed by atoms with van der Waals surface area (Å²) < 4.78 is 0. The number of nitrogens with one attached hydrogen (secondary N) is 1. The van der Waals surface area contributed by atoms with Crippen LogP contribution in [-0.4, -0.2) is 38.9 Å². The molecule has 6 heteroatoms. The van der Waals surface area contributed by atoms with Crippen molar-refractivity contribution in [3.63, 3.8) is 0 Å². The summed E-state index contributed by atoms with van der Waals surface area (Å²) >= 11 is 3.44. The van der Waals surface area contributed by atoms with Crippen LogP contribution in [0.3, 0.4) is 0 Å². The van der Waals surface area contributed by atoms with Crippen molar-refractivity contribution in [2.45, 2.75) is 19.4 Å². The van der Waals surface area contributed by atoms with Gasteiger partial charge in [-0.3, -0.25) is 9.59 Å². The fourth-order valence-electron chi connectivity index (χ4n) is 2.11. The molecule has 1 saturated heterocycles. The number of rotatable bonds is 2. The second-order valence-electron chi connectivity index (χ2n) is 4.29. The van der Waals surface area contributed by atoms with Gasteiger partial charge in [-0.05, 0) is 18.4 Å². The molecule has 0 aliphatic carbocycles. The largest absolute Gasteiger partial charge is 0.333 e. The lowest BCUT2D eigenvalue weighted by Crippen LogP contribution is -2.39. The highest BCUT2D eigenvalue weighted by Crippen LogP contribution is 2.26. The molecule has 1 fully saturated rings. The van der Waals surface area contributed by atoms with Crippen LogP contribution in [0.4, 0.5) is 0 Å². The van der Waals surface area contributed by atoms with E-state index in [-0.39, 0.29) is 17.5 Å². The van der Waals surface area contributed by atoms with Crippen molar-refractivity contribution in [1.82, 2.24) is 15.1 Å². The topological polar surface area (TPSA) is 66.1 Å². The monoisotopic (exact) mass is 299 g/mol. The van der Waals surface area contributed by atoms with Crippen molar-refractivity contribution in [3.05, 3.63) is 28.2 Å². The van der Waals surface area contributed by atoms with Crippen LogP contribution in [0, 0.1) is 5.92 Å². The summed E-state index contributed by atoms with van der Waals surface area (Å²) in [6.45, 7) is 2.89. The number of halogens is 1. The number of nitrogens with zero attached hydrogens (tertiary/aromatic N) is 2. The fraction of sp³-hybridized carbons (Fsp3) is 0.545. The maximum Gasteiger partial charge on any atom is 0.274 e. The normalized spacial score (nSPS) is 24.0. The molecular formula is C11H14BrN3O2. The van der Waals surface area contributed by atoms with E-state index in [1.54, 1.807) is 0 Å². The van der Waals surface area contributed by atoms with E-state index >= 15 is 0 Å². The summed E-state index contributed by atoms with van der Waals surface area (Å²) in [6.07, 6.45) is 1.01. The first kappa shape index (κ1) is 12.3. The van der Waals surface area contributed by atoms with E-state index in [9.17, 15) is 9.59 Å². The maximum absolute atomic E-state index is 12.2. The van der Waals surface area contributed by atoms with Gasteiger partial charge in [0.15, 0.2) is 0 Å². The minimum atomic E-state index is -0.298. The van der Waals surface area contributed by atoms with E-state index in [0.717, 1.165) is 18.3 Å². The quantitative estimate of drug-likeness (QED) is 0.829. The molecule has 2 heterocycles. The number of aromatic nitrogens is 2. The summed E-state index contributed by atoms with van der Waals surface area (Å²) in [5.41, 5.74) is -0.00182. The van der Waals surface area contributed by atoms with E-state index < -0.39 is 0 Å². The second kappa shape index (κ2) is 5.00. The van der Waals surface area contributed by atoms with E-state index in [1.165, 1.54) is 12.1 Å². The molecule has 0 saturated carbocycles. The molecule has 2 atom stereocenters. The van der Waals surface area contributed by atoms with E-state index in [0.29, 0.717) is 11.6 Å². The summed E-state index contributed by atoms with van der Waals surface area (Å²) in [6, 6.07) is 2.99. The number of carbonyl (C=O) groups is 1. The Morgan fingerprint density at radius 2 is 2.41 bits per heavy atom. The maximum atomic E-state index is 12.2. The average molecular weight is 300 g/mol. The number of alkyl halides is 1. The highest BCUT2D eigenvalue weighted by atomic mass is 79.9. The summed E-state index contributed by atoms with van der Waals surface area (Å²) in [5, 5.41) is 6.82. The Labute approximate surface area is 107 Å². The highest BCUT2D eigenvalue weighted by Gasteiger charge is 2.34. The third-order valence-electron chi connectivity index (χ3n) is 3.20. The van der Waals surface area contributed by atoms with Gasteiger partial charge in [-0.1, -0.05) is 22.9 Å². The molecule has 17 heavy (non-hydrogen) atoms. The standard InChI is InChI=1S/C11H14BrN3O2/c1-7-4-5-15(9(7)6-12)11(17)8-2-3-10(16)14-13-8/h2-3,7,9H,4-6H2,1H3,(H,14,16). The van der Waals surface area contributed by atoms with Gasteiger partial charge < -0.3 is 4.90 Å². The molecule has 0 aromatic carbocycles. The smallest absolute Gasteiger partial charge is 0.274 e. The van der Waals surface area contributed by atoms with E-state index in [1.807, 2.05) is 4.90 Å². The molecule has 5 nitrogen and oxygen atoms in total. The van der Waals surface area contributed by atoms with E-state index in [2.05, 4.69) is 33.1 Å². The molecule has 1 N–H and O–H groups in total. The Morgan fingerprint density at radius 1 is 1.65 bits per heavy atom. The average Bonchev–Trinajstić information content (AvgIpc) is 2.70.